The Morgan fingerprint density at radius 1 is 1.33 bits per heavy atom. The highest BCUT2D eigenvalue weighted by molar-refractivity contribution is 8.16. The van der Waals surface area contributed by atoms with Gasteiger partial charge in [0.25, 0.3) is 0 Å². The van der Waals surface area contributed by atoms with Crippen LogP contribution in [0, 0.1) is 5.82 Å². The van der Waals surface area contributed by atoms with Crippen molar-refractivity contribution in [3.8, 4) is 0 Å². The van der Waals surface area contributed by atoms with Crippen molar-refractivity contribution in [2.75, 3.05) is 11.5 Å². The number of thioether (sulfide) groups is 2. The second-order valence-electron chi connectivity index (χ2n) is 6.15. The van der Waals surface area contributed by atoms with E-state index in [1.807, 2.05) is 6.07 Å². The molecule has 1 unspecified atom stereocenters. The van der Waals surface area contributed by atoms with Crippen molar-refractivity contribution >= 4 is 45.4 Å². The summed E-state index contributed by atoms with van der Waals surface area (Å²) in [7, 11) is 0. The van der Waals surface area contributed by atoms with E-state index in [1.54, 1.807) is 24.5 Å². The molecular formula is C18H15FN4O2S2. The lowest BCUT2D eigenvalue weighted by atomic mass is 9.96. The molecule has 6 nitrogen and oxygen atoms in total. The lowest BCUT2D eigenvalue weighted by Gasteiger charge is -2.19. The van der Waals surface area contributed by atoms with Gasteiger partial charge in [0.1, 0.15) is 5.82 Å². The van der Waals surface area contributed by atoms with Crippen LogP contribution in [0.25, 0.3) is 10.9 Å². The van der Waals surface area contributed by atoms with Crippen molar-refractivity contribution in [3.05, 3.63) is 54.2 Å². The smallest absolute Gasteiger partial charge is 0.332 e. The quantitative estimate of drug-likeness (QED) is 0.485. The van der Waals surface area contributed by atoms with Gasteiger partial charge in [-0.3, -0.25) is 4.99 Å². The average molecular weight is 402 g/mol. The second-order valence-corrected chi connectivity index (χ2v) is 8.15. The summed E-state index contributed by atoms with van der Waals surface area (Å²) in [6.07, 6.45) is 3.56. The monoisotopic (exact) mass is 402 g/mol. The molecule has 3 aromatic rings. The number of H-pyrrole nitrogens is 1. The van der Waals surface area contributed by atoms with Gasteiger partial charge in [0.05, 0.1) is 5.04 Å². The Morgan fingerprint density at radius 3 is 2.93 bits per heavy atom. The molecule has 0 fully saturated rings. The second kappa shape index (κ2) is 7.32. The molecule has 9 heteroatoms. The van der Waals surface area contributed by atoms with E-state index < -0.39 is 11.5 Å². The van der Waals surface area contributed by atoms with E-state index in [1.165, 1.54) is 35.7 Å². The number of halogens is 1. The van der Waals surface area contributed by atoms with Crippen LogP contribution in [0.5, 0.6) is 0 Å². The van der Waals surface area contributed by atoms with Crippen molar-refractivity contribution in [3.63, 3.8) is 0 Å². The minimum absolute atomic E-state index is 0.224. The standard InChI is InChI=1S/C18H15FN4O2S2/c19-12-3-2-11-6-13(22-14(11)7-12)8-18(16(24)25)10-27-15(23-18)9-26-17-20-4-1-5-21-17/h1-7,22H,8-10H2,(H,24,25). The highest BCUT2D eigenvalue weighted by Gasteiger charge is 2.43. The van der Waals surface area contributed by atoms with Gasteiger partial charge in [-0.15, -0.1) is 11.8 Å². The fourth-order valence-corrected chi connectivity index (χ4v) is 4.94. The predicted molar refractivity (Wildman–Crippen MR) is 105 cm³/mol. The molecule has 0 saturated heterocycles. The van der Waals surface area contributed by atoms with E-state index in [0.29, 0.717) is 22.2 Å². The third kappa shape index (κ3) is 3.84. The summed E-state index contributed by atoms with van der Waals surface area (Å²) in [6.45, 7) is 0. The molecule has 138 valence electrons. The summed E-state index contributed by atoms with van der Waals surface area (Å²) in [5.74, 6) is -0.407. The normalized spacial score (nSPS) is 19.4. The fourth-order valence-electron chi connectivity index (χ4n) is 2.91. The SMILES string of the molecule is O=C(O)C1(Cc2cc3ccc(F)cc3[nH]2)CSC(CSc2ncccn2)=N1. The number of nitrogens with zero attached hydrogens (tertiary/aromatic N) is 3. The summed E-state index contributed by atoms with van der Waals surface area (Å²) < 4.78 is 13.4. The van der Waals surface area contributed by atoms with Crippen LogP contribution in [0.1, 0.15) is 5.69 Å². The number of carbonyl (C=O) groups is 1. The molecule has 1 aliphatic heterocycles. The number of hydrogen-bond acceptors (Lipinski definition) is 6. The molecule has 0 amide bonds. The lowest BCUT2D eigenvalue weighted by Crippen LogP contribution is -2.39. The Kier molecular flexibility index (Phi) is 4.88. The average Bonchev–Trinajstić information content (AvgIpc) is 3.25. The van der Waals surface area contributed by atoms with Gasteiger partial charge in [-0.25, -0.2) is 19.2 Å². The number of aliphatic imine (C=N–C) groups is 1. The maximum atomic E-state index is 13.4. The zero-order chi connectivity index (χ0) is 18.9. The number of fused-ring (bicyclic) bond motifs is 1. The number of benzene rings is 1. The summed E-state index contributed by atoms with van der Waals surface area (Å²) in [5, 5.41) is 12.1. The molecule has 0 saturated carbocycles. The Morgan fingerprint density at radius 2 is 2.15 bits per heavy atom. The first-order valence-corrected chi connectivity index (χ1v) is 10.1. The first-order chi connectivity index (χ1) is 13.0. The van der Waals surface area contributed by atoms with Gasteiger partial charge in [-0.1, -0.05) is 11.8 Å². The molecule has 2 N–H and O–H groups in total. The molecule has 2 aromatic heterocycles. The molecular weight excluding hydrogens is 387 g/mol. The third-order valence-corrected chi connectivity index (χ3v) is 6.46. The largest absolute Gasteiger partial charge is 0.479 e. The van der Waals surface area contributed by atoms with Gasteiger partial charge in [-0.05, 0) is 35.7 Å². The van der Waals surface area contributed by atoms with Crippen LogP contribution in [-0.2, 0) is 11.2 Å². The molecule has 0 bridgehead atoms. The van der Waals surface area contributed by atoms with E-state index in [0.717, 1.165) is 16.1 Å². The maximum Gasteiger partial charge on any atom is 0.332 e. The molecule has 0 radical (unpaired) electrons. The topological polar surface area (TPSA) is 91.2 Å². The number of carboxylic acids is 1. The Labute approximate surface area is 162 Å². The maximum absolute atomic E-state index is 13.4. The Hall–Kier alpha value is -2.39. The van der Waals surface area contributed by atoms with Gasteiger partial charge in [0.2, 0.25) is 0 Å². The van der Waals surface area contributed by atoms with Crippen molar-refractivity contribution < 1.29 is 14.3 Å². The van der Waals surface area contributed by atoms with Crippen molar-refractivity contribution in [1.29, 1.82) is 0 Å². The highest BCUT2D eigenvalue weighted by Crippen LogP contribution is 2.34. The van der Waals surface area contributed by atoms with Crippen molar-refractivity contribution in [1.82, 2.24) is 15.0 Å². The zero-order valence-electron chi connectivity index (χ0n) is 14.1. The molecule has 0 spiro atoms. The van der Waals surface area contributed by atoms with E-state index in [4.69, 9.17) is 0 Å². The van der Waals surface area contributed by atoms with Crippen molar-refractivity contribution in [2.24, 2.45) is 4.99 Å². The first-order valence-electron chi connectivity index (χ1n) is 8.16. The van der Waals surface area contributed by atoms with Crippen LogP contribution in [-0.4, -0.2) is 48.1 Å². The molecule has 1 aliphatic rings. The molecule has 1 atom stereocenters. The van der Waals surface area contributed by atoms with Gasteiger partial charge < -0.3 is 10.1 Å². The fraction of sp³-hybridized carbons (Fsp3) is 0.222. The number of aromatic nitrogens is 3. The zero-order valence-corrected chi connectivity index (χ0v) is 15.7. The summed E-state index contributed by atoms with van der Waals surface area (Å²) in [4.78, 5) is 27.9. The summed E-state index contributed by atoms with van der Waals surface area (Å²) >= 11 is 2.87. The molecule has 4 rings (SSSR count). The van der Waals surface area contributed by atoms with Crippen LogP contribution in [0.2, 0.25) is 0 Å². The van der Waals surface area contributed by atoms with E-state index in [9.17, 15) is 14.3 Å². The summed E-state index contributed by atoms with van der Waals surface area (Å²) in [6, 6.07) is 8.06. The Balaban J connectivity index is 1.54. The van der Waals surface area contributed by atoms with Crippen LogP contribution < -0.4 is 0 Å². The van der Waals surface area contributed by atoms with Gasteiger partial charge in [0.15, 0.2) is 10.7 Å². The lowest BCUT2D eigenvalue weighted by molar-refractivity contribution is -0.142. The number of aliphatic carboxylic acids is 1. The van der Waals surface area contributed by atoms with Crippen molar-refractivity contribution in [2.45, 2.75) is 17.1 Å². The predicted octanol–water partition coefficient (Wildman–Crippen LogP) is 3.40. The number of hydrogen-bond donors (Lipinski definition) is 2. The van der Waals surface area contributed by atoms with Gasteiger partial charge in [0, 0.05) is 41.5 Å². The van der Waals surface area contributed by atoms with E-state index >= 15 is 0 Å². The van der Waals surface area contributed by atoms with E-state index in [-0.39, 0.29) is 12.2 Å². The number of rotatable bonds is 6. The Bertz CT molecular complexity index is 1020. The minimum Gasteiger partial charge on any atom is -0.479 e. The summed E-state index contributed by atoms with van der Waals surface area (Å²) in [5.41, 5.74) is 0.150. The number of aromatic amines is 1. The van der Waals surface area contributed by atoms with Crippen LogP contribution in [0.15, 0.2) is 52.9 Å². The van der Waals surface area contributed by atoms with E-state index in [2.05, 4.69) is 19.9 Å². The van der Waals surface area contributed by atoms with Crippen LogP contribution >= 0.6 is 23.5 Å². The minimum atomic E-state index is -1.22. The molecule has 1 aromatic carbocycles. The van der Waals surface area contributed by atoms with Gasteiger partial charge >= 0.3 is 5.97 Å². The molecule has 27 heavy (non-hydrogen) atoms. The van der Waals surface area contributed by atoms with Gasteiger partial charge in [-0.2, -0.15) is 0 Å². The van der Waals surface area contributed by atoms with Crippen LogP contribution in [0.4, 0.5) is 4.39 Å². The highest BCUT2D eigenvalue weighted by atomic mass is 32.2. The first kappa shape index (κ1) is 18.0. The number of carboxylic acid groups (broad SMARTS) is 1. The molecule has 0 aliphatic carbocycles. The molecule has 3 heterocycles. The van der Waals surface area contributed by atoms with Crippen LogP contribution in [0.3, 0.4) is 0 Å². The third-order valence-electron chi connectivity index (χ3n) is 4.20. The number of nitrogens with one attached hydrogen (secondary N) is 1.